The van der Waals surface area contributed by atoms with Crippen LogP contribution < -0.4 is 10.6 Å². The molecule has 2 rings (SSSR count). The van der Waals surface area contributed by atoms with Crippen molar-refractivity contribution >= 4 is 11.9 Å². The van der Waals surface area contributed by atoms with E-state index in [1.54, 1.807) is 11.6 Å². The fourth-order valence-corrected chi connectivity index (χ4v) is 1.59. The molecule has 0 radical (unpaired) electrons. The number of carboxylic acid groups (broad SMARTS) is 1. The SMILES string of the molecule is CC[C@H](NC(=O)c1cn(C2CNC2)nn1)C(=O)O. The summed E-state index contributed by atoms with van der Waals surface area (Å²) in [6.45, 7) is 3.30. The summed E-state index contributed by atoms with van der Waals surface area (Å²) in [7, 11) is 0. The average molecular weight is 253 g/mol. The molecule has 1 amide bonds. The van der Waals surface area contributed by atoms with Crippen LogP contribution in [0.4, 0.5) is 0 Å². The van der Waals surface area contributed by atoms with Crippen molar-refractivity contribution in [3.63, 3.8) is 0 Å². The van der Waals surface area contributed by atoms with Gasteiger partial charge in [-0.3, -0.25) is 4.79 Å². The number of carbonyl (C=O) groups is 2. The molecule has 3 N–H and O–H groups in total. The van der Waals surface area contributed by atoms with Gasteiger partial charge in [0.1, 0.15) is 6.04 Å². The number of rotatable bonds is 5. The second kappa shape index (κ2) is 5.13. The molecule has 2 heterocycles. The molecule has 0 unspecified atom stereocenters. The molecule has 1 saturated heterocycles. The Balaban J connectivity index is 1.99. The number of hydrogen-bond donors (Lipinski definition) is 3. The summed E-state index contributed by atoms with van der Waals surface area (Å²) in [6.07, 6.45) is 1.86. The van der Waals surface area contributed by atoms with Gasteiger partial charge in [-0.2, -0.15) is 0 Å². The summed E-state index contributed by atoms with van der Waals surface area (Å²) in [5.41, 5.74) is 0.140. The van der Waals surface area contributed by atoms with E-state index in [1.807, 2.05) is 0 Å². The summed E-state index contributed by atoms with van der Waals surface area (Å²) < 4.78 is 1.62. The van der Waals surface area contributed by atoms with Gasteiger partial charge in [-0.15, -0.1) is 5.10 Å². The fourth-order valence-electron chi connectivity index (χ4n) is 1.59. The standard InChI is InChI=1S/C10H15N5O3/c1-2-7(10(17)18)12-9(16)8-5-15(14-13-8)6-3-11-4-6/h5-7,11H,2-4H2,1H3,(H,12,16)(H,17,18)/t7-/m0/s1. The smallest absolute Gasteiger partial charge is 0.326 e. The Kier molecular flexibility index (Phi) is 3.56. The lowest BCUT2D eigenvalue weighted by atomic mass is 10.2. The minimum absolute atomic E-state index is 0.140. The highest BCUT2D eigenvalue weighted by molar-refractivity contribution is 5.94. The van der Waals surface area contributed by atoms with Gasteiger partial charge >= 0.3 is 5.97 Å². The number of nitrogens with one attached hydrogen (secondary N) is 2. The molecule has 1 aliphatic heterocycles. The Morgan fingerprint density at radius 2 is 2.39 bits per heavy atom. The third kappa shape index (κ3) is 2.48. The summed E-state index contributed by atoms with van der Waals surface area (Å²) in [6, 6.07) is -0.673. The van der Waals surface area contributed by atoms with E-state index in [4.69, 9.17) is 5.11 Å². The molecular weight excluding hydrogens is 238 g/mol. The quantitative estimate of drug-likeness (QED) is 0.622. The molecule has 0 saturated carbocycles. The zero-order chi connectivity index (χ0) is 13.1. The van der Waals surface area contributed by atoms with Crippen LogP contribution in [-0.2, 0) is 4.79 Å². The minimum Gasteiger partial charge on any atom is -0.480 e. The van der Waals surface area contributed by atoms with Gasteiger partial charge in [-0.05, 0) is 6.42 Å². The maximum absolute atomic E-state index is 11.8. The van der Waals surface area contributed by atoms with Crippen LogP contribution in [0, 0.1) is 0 Å². The van der Waals surface area contributed by atoms with Crippen molar-refractivity contribution in [2.75, 3.05) is 13.1 Å². The monoisotopic (exact) mass is 253 g/mol. The van der Waals surface area contributed by atoms with Crippen molar-refractivity contribution in [2.45, 2.75) is 25.4 Å². The predicted molar refractivity (Wildman–Crippen MR) is 61.1 cm³/mol. The van der Waals surface area contributed by atoms with Crippen molar-refractivity contribution in [2.24, 2.45) is 0 Å². The van der Waals surface area contributed by atoms with Crippen LogP contribution in [-0.4, -0.2) is 51.1 Å². The summed E-state index contributed by atoms with van der Waals surface area (Å²) in [5, 5.41) is 21.9. The normalized spacial score (nSPS) is 16.9. The van der Waals surface area contributed by atoms with E-state index >= 15 is 0 Å². The van der Waals surface area contributed by atoms with Gasteiger partial charge < -0.3 is 15.7 Å². The largest absolute Gasteiger partial charge is 0.480 e. The van der Waals surface area contributed by atoms with E-state index in [0.717, 1.165) is 13.1 Å². The van der Waals surface area contributed by atoms with Crippen molar-refractivity contribution in [3.05, 3.63) is 11.9 Å². The Morgan fingerprint density at radius 1 is 1.67 bits per heavy atom. The molecule has 0 bridgehead atoms. The zero-order valence-electron chi connectivity index (χ0n) is 9.96. The lowest BCUT2D eigenvalue weighted by Crippen LogP contribution is -2.43. The van der Waals surface area contributed by atoms with Gasteiger partial charge in [0.05, 0.1) is 12.2 Å². The van der Waals surface area contributed by atoms with Crippen molar-refractivity contribution < 1.29 is 14.7 Å². The molecule has 1 aromatic heterocycles. The Bertz CT molecular complexity index is 454. The average Bonchev–Trinajstić information content (AvgIpc) is 2.71. The highest BCUT2D eigenvalue weighted by Gasteiger charge is 2.23. The van der Waals surface area contributed by atoms with E-state index in [-0.39, 0.29) is 11.7 Å². The highest BCUT2D eigenvalue weighted by atomic mass is 16.4. The van der Waals surface area contributed by atoms with Crippen LogP contribution in [0.1, 0.15) is 29.9 Å². The molecular formula is C10H15N5O3. The second-order valence-corrected chi connectivity index (χ2v) is 4.17. The molecule has 1 fully saturated rings. The first kappa shape index (κ1) is 12.5. The van der Waals surface area contributed by atoms with Gasteiger partial charge in [0, 0.05) is 13.1 Å². The Hall–Kier alpha value is -1.96. The number of aliphatic carboxylic acids is 1. The molecule has 98 valence electrons. The first-order chi connectivity index (χ1) is 8.61. The predicted octanol–water partition coefficient (Wildman–Crippen LogP) is -0.985. The van der Waals surface area contributed by atoms with Crippen molar-refractivity contribution in [1.82, 2.24) is 25.6 Å². The molecule has 18 heavy (non-hydrogen) atoms. The van der Waals surface area contributed by atoms with E-state index in [9.17, 15) is 9.59 Å². The zero-order valence-corrected chi connectivity index (χ0v) is 9.96. The maximum Gasteiger partial charge on any atom is 0.326 e. The van der Waals surface area contributed by atoms with Crippen LogP contribution in [0.3, 0.4) is 0 Å². The third-order valence-corrected chi connectivity index (χ3v) is 2.89. The van der Waals surface area contributed by atoms with Crippen LogP contribution in [0.2, 0.25) is 0 Å². The van der Waals surface area contributed by atoms with Crippen LogP contribution in [0.5, 0.6) is 0 Å². The minimum atomic E-state index is -1.05. The number of carboxylic acids is 1. The molecule has 0 aliphatic carbocycles. The number of aromatic nitrogens is 3. The fraction of sp³-hybridized carbons (Fsp3) is 0.600. The number of carbonyl (C=O) groups excluding carboxylic acids is 1. The maximum atomic E-state index is 11.8. The molecule has 8 nitrogen and oxygen atoms in total. The van der Waals surface area contributed by atoms with Crippen LogP contribution in [0.15, 0.2) is 6.20 Å². The molecule has 1 aliphatic rings. The highest BCUT2D eigenvalue weighted by Crippen LogP contribution is 2.09. The van der Waals surface area contributed by atoms with Crippen LogP contribution >= 0.6 is 0 Å². The summed E-state index contributed by atoms with van der Waals surface area (Å²) in [4.78, 5) is 22.6. The lowest BCUT2D eigenvalue weighted by molar-refractivity contribution is -0.139. The number of hydrogen-bond acceptors (Lipinski definition) is 5. The number of nitrogens with zero attached hydrogens (tertiary/aromatic N) is 3. The first-order valence-electron chi connectivity index (χ1n) is 5.78. The summed E-state index contributed by atoms with van der Waals surface area (Å²) >= 11 is 0. The first-order valence-corrected chi connectivity index (χ1v) is 5.78. The number of amides is 1. The summed E-state index contributed by atoms with van der Waals surface area (Å²) in [5.74, 6) is -1.57. The van der Waals surface area contributed by atoms with Crippen molar-refractivity contribution in [1.29, 1.82) is 0 Å². The molecule has 1 atom stereocenters. The van der Waals surface area contributed by atoms with E-state index < -0.39 is 17.9 Å². The van der Waals surface area contributed by atoms with Gasteiger partial charge in [0.2, 0.25) is 0 Å². The van der Waals surface area contributed by atoms with E-state index in [0.29, 0.717) is 6.42 Å². The topological polar surface area (TPSA) is 109 Å². The second-order valence-electron chi connectivity index (χ2n) is 4.17. The Morgan fingerprint density at radius 3 is 2.89 bits per heavy atom. The van der Waals surface area contributed by atoms with Gasteiger partial charge in [0.15, 0.2) is 5.69 Å². The molecule has 8 heteroatoms. The van der Waals surface area contributed by atoms with Gasteiger partial charge in [0.25, 0.3) is 5.91 Å². The van der Waals surface area contributed by atoms with Crippen molar-refractivity contribution in [3.8, 4) is 0 Å². The molecule has 0 aromatic carbocycles. The molecule has 1 aromatic rings. The van der Waals surface area contributed by atoms with E-state index in [1.165, 1.54) is 6.20 Å². The van der Waals surface area contributed by atoms with Crippen LogP contribution in [0.25, 0.3) is 0 Å². The van der Waals surface area contributed by atoms with E-state index in [2.05, 4.69) is 20.9 Å². The molecule has 0 spiro atoms. The third-order valence-electron chi connectivity index (χ3n) is 2.89. The van der Waals surface area contributed by atoms with Gasteiger partial charge in [-0.25, -0.2) is 9.48 Å². The Labute approximate surface area is 103 Å². The lowest BCUT2D eigenvalue weighted by Gasteiger charge is -2.26. The van der Waals surface area contributed by atoms with Gasteiger partial charge in [-0.1, -0.05) is 12.1 Å².